The van der Waals surface area contributed by atoms with Crippen molar-refractivity contribution in [3.8, 4) is 0 Å². The van der Waals surface area contributed by atoms with Gasteiger partial charge < -0.3 is 14.4 Å². The van der Waals surface area contributed by atoms with Crippen LogP contribution in [0.25, 0.3) is 0 Å². The minimum Gasteiger partial charge on any atom is -0.360 e. The molecule has 7 nitrogen and oxygen atoms in total. The topological polar surface area (TPSA) is 94.1 Å². The van der Waals surface area contributed by atoms with Crippen LogP contribution in [-0.4, -0.2) is 21.2 Å². The lowest BCUT2D eigenvalue weighted by atomic mass is 10.3. The molecular formula is C11H12N4O3. The zero-order valence-electron chi connectivity index (χ0n) is 9.84. The van der Waals surface area contributed by atoms with Crippen LogP contribution < -0.4 is 5.32 Å². The molecule has 1 aliphatic rings. The summed E-state index contributed by atoms with van der Waals surface area (Å²) in [5.74, 6) is 1.83. The van der Waals surface area contributed by atoms with Crippen molar-refractivity contribution in [2.24, 2.45) is 0 Å². The highest BCUT2D eigenvalue weighted by molar-refractivity contribution is 5.92. The van der Waals surface area contributed by atoms with Crippen LogP contribution in [0.5, 0.6) is 0 Å². The predicted molar refractivity (Wildman–Crippen MR) is 58.7 cm³/mol. The standard InChI is InChI=1S/C11H12N4O3/c1-6-13-10(18-14-6)5-12-11(16)8-4-9(17-15-8)7-2-3-7/h4,7H,2-3,5H2,1H3,(H,12,16). The minimum absolute atomic E-state index is 0.186. The Morgan fingerprint density at radius 3 is 2.94 bits per heavy atom. The molecule has 1 N–H and O–H groups in total. The molecule has 94 valence electrons. The Morgan fingerprint density at radius 2 is 2.28 bits per heavy atom. The summed E-state index contributed by atoms with van der Waals surface area (Å²) in [6.07, 6.45) is 2.22. The van der Waals surface area contributed by atoms with Crippen molar-refractivity contribution >= 4 is 5.91 Å². The molecule has 1 saturated carbocycles. The van der Waals surface area contributed by atoms with E-state index in [1.165, 1.54) is 0 Å². The van der Waals surface area contributed by atoms with Crippen molar-refractivity contribution < 1.29 is 13.8 Å². The lowest BCUT2D eigenvalue weighted by Crippen LogP contribution is -2.23. The van der Waals surface area contributed by atoms with Crippen molar-refractivity contribution in [1.29, 1.82) is 0 Å². The van der Waals surface area contributed by atoms with E-state index in [9.17, 15) is 4.79 Å². The Kier molecular flexibility index (Phi) is 2.58. The Balaban J connectivity index is 1.59. The van der Waals surface area contributed by atoms with Crippen LogP contribution in [0, 0.1) is 6.92 Å². The fraction of sp³-hybridized carbons (Fsp3) is 0.455. The molecule has 0 bridgehead atoms. The number of amides is 1. The summed E-state index contributed by atoms with van der Waals surface area (Å²) in [6, 6.07) is 1.69. The van der Waals surface area contributed by atoms with Gasteiger partial charge in [0.25, 0.3) is 5.91 Å². The van der Waals surface area contributed by atoms with E-state index in [0.717, 1.165) is 18.6 Å². The van der Waals surface area contributed by atoms with Gasteiger partial charge in [0, 0.05) is 12.0 Å². The maximum Gasteiger partial charge on any atom is 0.273 e. The van der Waals surface area contributed by atoms with Gasteiger partial charge in [0.05, 0.1) is 6.54 Å². The Hall–Kier alpha value is -2.18. The molecule has 0 unspecified atom stereocenters. The van der Waals surface area contributed by atoms with Gasteiger partial charge in [0.2, 0.25) is 5.89 Å². The average Bonchev–Trinajstić information content (AvgIpc) is 2.94. The predicted octanol–water partition coefficient (Wildman–Crippen LogP) is 1.17. The number of nitrogens with one attached hydrogen (secondary N) is 1. The number of rotatable bonds is 4. The van der Waals surface area contributed by atoms with E-state index >= 15 is 0 Å². The molecule has 1 aliphatic carbocycles. The molecule has 0 spiro atoms. The quantitative estimate of drug-likeness (QED) is 0.872. The van der Waals surface area contributed by atoms with Crippen molar-refractivity contribution in [1.82, 2.24) is 20.6 Å². The Bertz CT molecular complexity index is 570. The molecule has 0 radical (unpaired) electrons. The third kappa shape index (κ3) is 2.24. The van der Waals surface area contributed by atoms with E-state index in [4.69, 9.17) is 9.05 Å². The summed E-state index contributed by atoms with van der Waals surface area (Å²) in [6.45, 7) is 1.90. The summed E-state index contributed by atoms with van der Waals surface area (Å²) in [7, 11) is 0. The third-order valence-corrected chi connectivity index (χ3v) is 2.71. The smallest absolute Gasteiger partial charge is 0.273 e. The van der Waals surface area contributed by atoms with Gasteiger partial charge in [0.1, 0.15) is 5.76 Å². The van der Waals surface area contributed by atoms with Crippen LogP contribution in [0.2, 0.25) is 0 Å². The van der Waals surface area contributed by atoms with Crippen LogP contribution in [0.3, 0.4) is 0 Å². The third-order valence-electron chi connectivity index (χ3n) is 2.71. The number of carbonyl (C=O) groups excluding carboxylic acids is 1. The molecule has 2 heterocycles. The zero-order chi connectivity index (χ0) is 12.5. The van der Waals surface area contributed by atoms with Gasteiger partial charge in [-0.15, -0.1) is 0 Å². The van der Waals surface area contributed by atoms with Crippen molar-refractivity contribution in [2.75, 3.05) is 0 Å². The van der Waals surface area contributed by atoms with E-state index in [0.29, 0.717) is 17.6 Å². The normalized spacial score (nSPS) is 14.7. The SMILES string of the molecule is Cc1noc(CNC(=O)c2cc(C3CC3)on2)n1. The van der Waals surface area contributed by atoms with E-state index in [2.05, 4.69) is 20.6 Å². The first-order chi connectivity index (χ1) is 8.72. The average molecular weight is 248 g/mol. The lowest BCUT2D eigenvalue weighted by Gasteiger charge is -1.96. The molecule has 1 amide bonds. The summed E-state index contributed by atoms with van der Waals surface area (Å²) in [5, 5.41) is 10.0. The molecule has 1 fully saturated rings. The van der Waals surface area contributed by atoms with Gasteiger partial charge in [-0.05, 0) is 19.8 Å². The van der Waals surface area contributed by atoms with Gasteiger partial charge >= 0.3 is 0 Å². The molecular weight excluding hydrogens is 236 g/mol. The van der Waals surface area contributed by atoms with Gasteiger partial charge in [-0.2, -0.15) is 4.98 Å². The number of carbonyl (C=O) groups is 1. The van der Waals surface area contributed by atoms with E-state index in [-0.39, 0.29) is 18.1 Å². The van der Waals surface area contributed by atoms with Gasteiger partial charge in [-0.3, -0.25) is 4.79 Å². The highest BCUT2D eigenvalue weighted by atomic mass is 16.5. The van der Waals surface area contributed by atoms with Crippen LogP contribution in [0.4, 0.5) is 0 Å². The molecule has 0 aromatic carbocycles. The number of nitrogens with zero attached hydrogens (tertiary/aromatic N) is 3. The first kappa shape index (κ1) is 10.9. The Labute approximate surface area is 103 Å². The summed E-state index contributed by atoms with van der Waals surface area (Å²) in [5.41, 5.74) is 0.285. The van der Waals surface area contributed by atoms with Crippen LogP contribution in [0.15, 0.2) is 15.1 Å². The van der Waals surface area contributed by atoms with E-state index < -0.39 is 0 Å². The second kappa shape index (κ2) is 4.25. The fourth-order valence-corrected chi connectivity index (χ4v) is 1.61. The van der Waals surface area contributed by atoms with Crippen LogP contribution in [0.1, 0.15) is 46.7 Å². The minimum atomic E-state index is -0.304. The summed E-state index contributed by atoms with van der Waals surface area (Å²) in [4.78, 5) is 15.7. The van der Waals surface area contributed by atoms with Gasteiger partial charge in [-0.1, -0.05) is 10.3 Å². The second-order valence-corrected chi connectivity index (χ2v) is 4.31. The van der Waals surface area contributed by atoms with Crippen LogP contribution >= 0.6 is 0 Å². The van der Waals surface area contributed by atoms with E-state index in [1.807, 2.05) is 0 Å². The molecule has 7 heteroatoms. The maximum absolute atomic E-state index is 11.8. The molecule has 0 atom stereocenters. The number of aromatic nitrogens is 3. The highest BCUT2D eigenvalue weighted by Crippen LogP contribution is 2.40. The molecule has 2 aromatic heterocycles. The highest BCUT2D eigenvalue weighted by Gasteiger charge is 2.28. The zero-order valence-corrected chi connectivity index (χ0v) is 9.84. The van der Waals surface area contributed by atoms with Crippen LogP contribution in [-0.2, 0) is 6.54 Å². The first-order valence-electron chi connectivity index (χ1n) is 5.76. The fourth-order valence-electron chi connectivity index (χ4n) is 1.61. The van der Waals surface area contributed by atoms with Crippen molar-refractivity contribution in [3.05, 3.63) is 29.2 Å². The first-order valence-corrected chi connectivity index (χ1v) is 5.76. The summed E-state index contributed by atoms with van der Waals surface area (Å²) < 4.78 is 9.99. The number of hydrogen-bond donors (Lipinski definition) is 1. The molecule has 0 saturated heterocycles. The molecule has 3 rings (SSSR count). The maximum atomic E-state index is 11.8. The Morgan fingerprint density at radius 1 is 1.44 bits per heavy atom. The second-order valence-electron chi connectivity index (χ2n) is 4.31. The number of hydrogen-bond acceptors (Lipinski definition) is 6. The van der Waals surface area contributed by atoms with Gasteiger partial charge in [-0.25, -0.2) is 0 Å². The van der Waals surface area contributed by atoms with Gasteiger partial charge in [0.15, 0.2) is 11.5 Å². The molecule has 0 aliphatic heterocycles. The monoisotopic (exact) mass is 248 g/mol. The van der Waals surface area contributed by atoms with E-state index in [1.54, 1.807) is 13.0 Å². The van der Waals surface area contributed by atoms with Crippen molar-refractivity contribution in [2.45, 2.75) is 32.2 Å². The van der Waals surface area contributed by atoms with Crippen molar-refractivity contribution in [3.63, 3.8) is 0 Å². The number of aryl methyl sites for hydroxylation is 1. The summed E-state index contributed by atoms with van der Waals surface area (Å²) >= 11 is 0. The molecule has 18 heavy (non-hydrogen) atoms. The largest absolute Gasteiger partial charge is 0.360 e. The lowest BCUT2D eigenvalue weighted by molar-refractivity contribution is 0.0937. The molecule has 2 aromatic rings.